The highest BCUT2D eigenvalue weighted by Crippen LogP contribution is 2.35. The van der Waals surface area contributed by atoms with E-state index in [1.807, 2.05) is 0 Å². The van der Waals surface area contributed by atoms with Crippen molar-refractivity contribution in [3.8, 4) is 11.5 Å². The van der Waals surface area contributed by atoms with Crippen molar-refractivity contribution < 1.29 is 36.2 Å². The topological polar surface area (TPSA) is 60.5 Å². The molecule has 0 fully saturated rings. The molecule has 0 bridgehead atoms. The fourth-order valence-electron chi connectivity index (χ4n) is 2.86. The first-order valence-electron chi connectivity index (χ1n) is 8.97. The van der Waals surface area contributed by atoms with E-state index >= 15 is 0 Å². The van der Waals surface area contributed by atoms with Gasteiger partial charge in [0.05, 0.1) is 19.8 Å². The van der Waals surface area contributed by atoms with E-state index in [4.69, 9.17) is 9.47 Å². The smallest absolute Gasteiger partial charge is 0.386 e. The van der Waals surface area contributed by atoms with E-state index in [1.165, 1.54) is 26.5 Å². The number of pyridine rings is 1. The van der Waals surface area contributed by atoms with Crippen LogP contribution in [0.2, 0.25) is 0 Å². The summed E-state index contributed by atoms with van der Waals surface area (Å²) in [6.45, 7) is 0.539. The van der Waals surface area contributed by atoms with Crippen LogP contribution < -0.4 is 14.2 Å². The predicted octanol–water partition coefficient (Wildman–Crippen LogP) is 5.26. The lowest BCUT2D eigenvalue weighted by Gasteiger charge is -2.14. The van der Waals surface area contributed by atoms with Gasteiger partial charge in [0, 0.05) is 25.1 Å². The maximum Gasteiger partial charge on any atom is 0.386 e. The highest BCUT2D eigenvalue weighted by atomic mass is 32.1. The average Bonchev–Trinajstić information content (AvgIpc) is 2.71. The molecule has 0 saturated carbocycles. The molecule has 3 rings (SSSR count). The largest absolute Gasteiger partial charge is 0.493 e. The summed E-state index contributed by atoms with van der Waals surface area (Å²) in [5.41, 5.74) is -0.00877. The molecule has 0 amide bonds. The Bertz CT molecular complexity index is 1100. The number of thiol groups is 1. The molecule has 172 valence electrons. The molecule has 0 saturated heterocycles. The monoisotopic (exact) mass is 474 g/mol. The molecule has 0 atom stereocenters. The van der Waals surface area contributed by atoms with Crippen molar-refractivity contribution in [1.82, 2.24) is 9.71 Å². The zero-order valence-corrected chi connectivity index (χ0v) is 18.1. The lowest BCUT2D eigenvalue weighted by atomic mass is 9.98. The molecule has 0 aliphatic carbocycles. The zero-order valence-electron chi connectivity index (χ0n) is 17.2. The van der Waals surface area contributed by atoms with Gasteiger partial charge in [0.15, 0.2) is 11.5 Å². The van der Waals surface area contributed by atoms with Gasteiger partial charge < -0.3 is 9.47 Å². The van der Waals surface area contributed by atoms with Gasteiger partial charge in [-0.3, -0.25) is 14.5 Å². The number of halogens is 5. The molecule has 0 spiro atoms. The van der Waals surface area contributed by atoms with E-state index in [2.05, 4.69) is 22.5 Å². The Balaban J connectivity index is 0.000000654. The molecule has 1 N–H and O–H groups in total. The molecule has 2 aromatic carbocycles. The first-order valence-corrected chi connectivity index (χ1v) is 9.42. The third-order valence-electron chi connectivity index (χ3n) is 4.15. The van der Waals surface area contributed by atoms with Crippen molar-refractivity contribution in [3.63, 3.8) is 0 Å². The lowest BCUT2D eigenvalue weighted by molar-refractivity contribution is -0.110. The number of aromatic nitrogens is 1. The molecule has 0 aliphatic heterocycles. The Kier molecular flexibility index (Phi) is 8.39. The third-order valence-corrected chi connectivity index (χ3v) is 4.31. The van der Waals surface area contributed by atoms with Crippen LogP contribution in [-0.4, -0.2) is 31.2 Å². The molecule has 5 nitrogen and oxygen atoms in total. The summed E-state index contributed by atoms with van der Waals surface area (Å²) in [7, 11) is 2.94. The van der Waals surface area contributed by atoms with Crippen LogP contribution in [0.3, 0.4) is 0 Å². The standard InChI is InChI=1S/C19H16F2N2O3S.C2H3F3/c1-25-15-6-11-10(9-23-27)8-22-18(12(11)7-16(15)26-2)19(24)17-13(20)4-3-5-14(17)21;1-2(3,4)5/h3-8,23,27H,9H2,1-2H3;1H3. The summed E-state index contributed by atoms with van der Waals surface area (Å²) in [6.07, 6.45) is -2.54. The molecular formula is C21H19F5N2O3S. The van der Waals surface area contributed by atoms with Gasteiger partial charge in [-0.15, -0.1) is 0 Å². The second kappa shape index (κ2) is 10.6. The van der Waals surface area contributed by atoms with Crippen LogP contribution >= 0.6 is 12.8 Å². The first kappa shape index (κ1) is 25.3. The van der Waals surface area contributed by atoms with Gasteiger partial charge in [-0.25, -0.2) is 8.78 Å². The highest BCUT2D eigenvalue weighted by Gasteiger charge is 2.24. The van der Waals surface area contributed by atoms with Gasteiger partial charge in [-0.1, -0.05) is 18.9 Å². The summed E-state index contributed by atoms with van der Waals surface area (Å²) in [5, 5.41) is 1.02. The number of hydrogen-bond acceptors (Lipinski definition) is 6. The maximum absolute atomic E-state index is 14.1. The van der Waals surface area contributed by atoms with Crippen LogP contribution in [0, 0.1) is 11.6 Å². The fraction of sp³-hybridized carbons (Fsp3) is 0.238. The van der Waals surface area contributed by atoms with E-state index in [9.17, 15) is 26.7 Å². The molecule has 1 heterocycles. The molecular weight excluding hydrogens is 455 g/mol. The first-order chi connectivity index (χ1) is 15.0. The van der Waals surface area contributed by atoms with Gasteiger partial charge in [-0.05, 0) is 35.2 Å². The number of alkyl halides is 3. The second-order valence-corrected chi connectivity index (χ2v) is 6.74. The summed E-state index contributed by atoms with van der Waals surface area (Å²) < 4.78 is 72.6. The number of ketones is 1. The molecule has 0 aliphatic rings. The number of fused-ring (bicyclic) bond motifs is 1. The van der Waals surface area contributed by atoms with Crippen LogP contribution in [0.25, 0.3) is 10.8 Å². The number of nitrogens with one attached hydrogen (secondary N) is 1. The van der Waals surface area contributed by atoms with E-state index in [1.54, 1.807) is 12.1 Å². The molecule has 3 aromatic rings. The second-order valence-electron chi connectivity index (χ2n) is 6.43. The minimum absolute atomic E-state index is 0.0853. The highest BCUT2D eigenvalue weighted by molar-refractivity contribution is 7.78. The minimum atomic E-state index is -4.00. The fourth-order valence-corrected chi connectivity index (χ4v) is 3.03. The number of carbonyl (C=O) groups is 1. The van der Waals surface area contributed by atoms with Crippen molar-refractivity contribution in [2.45, 2.75) is 19.6 Å². The Morgan fingerprint density at radius 1 is 1.06 bits per heavy atom. The third kappa shape index (κ3) is 6.07. The Hall–Kier alpha value is -2.92. The number of carbonyl (C=O) groups excluding carboxylic acids is 1. The SMILES string of the molecule is CC(F)(F)F.COc1cc2c(CNS)cnc(C(=O)c3c(F)cccc3F)c2cc1OC. The molecule has 1 aromatic heterocycles. The number of ether oxygens (including phenoxy) is 2. The van der Waals surface area contributed by atoms with Crippen molar-refractivity contribution in [1.29, 1.82) is 0 Å². The van der Waals surface area contributed by atoms with E-state index in [0.717, 1.165) is 17.7 Å². The van der Waals surface area contributed by atoms with Crippen molar-refractivity contribution in [3.05, 3.63) is 65.0 Å². The predicted molar refractivity (Wildman–Crippen MR) is 112 cm³/mol. The van der Waals surface area contributed by atoms with E-state index in [-0.39, 0.29) is 12.6 Å². The van der Waals surface area contributed by atoms with Gasteiger partial charge in [-0.2, -0.15) is 13.2 Å². The molecule has 0 unspecified atom stereocenters. The van der Waals surface area contributed by atoms with Gasteiger partial charge in [0.2, 0.25) is 5.78 Å². The summed E-state index contributed by atoms with van der Waals surface area (Å²) in [6, 6.07) is 6.50. The summed E-state index contributed by atoms with van der Waals surface area (Å²) in [5.74, 6) is -1.93. The molecule has 11 heteroatoms. The quantitative estimate of drug-likeness (QED) is 0.290. The van der Waals surface area contributed by atoms with Crippen LogP contribution in [0.1, 0.15) is 28.5 Å². The van der Waals surface area contributed by atoms with Crippen LogP contribution in [0.15, 0.2) is 36.5 Å². The Morgan fingerprint density at radius 2 is 1.56 bits per heavy atom. The maximum atomic E-state index is 14.1. The minimum Gasteiger partial charge on any atom is -0.493 e. The number of hydrogen-bond donors (Lipinski definition) is 2. The Morgan fingerprint density at radius 3 is 2.03 bits per heavy atom. The van der Waals surface area contributed by atoms with Crippen LogP contribution in [0.5, 0.6) is 11.5 Å². The summed E-state index contributed by atoms with van der Waals surface area (Å²) in [4.78, 5) is 17.0. The number of nitrogens with zero attached hydrogens (tertiary/aromatic N) is 1. The van der Waals surface area contributed by atoms with E-state index < -0.39 is 29.2 Å². The van der Waals surface area contributed by atoms with Crippen molar-refractivity contribution >= 4 is 29.4 Å². The van der Waals surface area contributed by atoms with Gasteiger partial charge in [0.25, 0.3) is 0 Å². The van der Waals surface area contributed by atoms with Crippen LogP contribution in [-0.2, 0) is 6.54 Å². The zero-order chi connectivity index (χ0) is 24.1. The number of rotatable bonds is 6. The molecule has 32 heavy (non-hydrogen) atoms. The number of methoxy groups -OCH3 is 2. The van der Waals surface area contributed by atoms with Crippen LogP contribution in [0.4, 0.5) is 22.0 Å². The van der Waals surface area contributed by atoms with Crippen molar-refractivity contribution in [2.24, 2.45) is 0 Å². The Labute approximate surface area is 186 Å². The van der Waals surface area contributed by atoms with Gasteiger partial charge in [0.1, 0.15) is 17.3 Å². The average molecular weight is 474 g/mol. The number of benzene rings is 2. The van der Waals surface area contributed by atoms with E-state index in [0.29, 0.717) is 28.8 Å². The molecule has 0 radical (unpaired) electrons. The van der Waals surface area contributed by atoms with Gasteiger partial charge >= 0.3 is 6.18 Å². The van der Waals surface area contributed by atoms with Crippen molar-refractivity contribution in [2.75, 3.05) is 14.2 Å². The lowest BCUT2D eigenvalue weighted by Crippen LogP contribution is -2.11. The summed E-state index contributed by atoms with van der Waals surface area (Å²) >= 11 is 4.00. The normalized spacial score (nSPS) is 11.0.